The number of carbonyl (C=O) groups excluding carboxylic acids is 1. The molecule has 1 unspecified atom stereocenters. The van der Waals surface area contributed by atoms with E-state index in [1.807, 2.05) is 45.0 Å². The number of benzene rings is 1. The van der Waals surface area contributed by atoms with Crippen LogP contribution in [0.2, 0.25) is 0 Å². The molecular weight excluding hydrogens is 268 g/mol. The minimum atomic E-state index is -0.744. The zero-order chi connectivity index (χ0) is 15.4. The number of hydrogen-bond donors (Lipinski definition) is 2. The van der Waals surface area contributed by atoms with Gasteiger partial charge in [-0.05, 0) is 12.5 Å². The second-order valence-electron chi connectivity index (χ2n) is 5.41. The molecule has 5 nitrogen and oxygen atoms in total. The first-order chi connectivity index (χ1) is 9.97. The van der Waals surface area contributed by atoms with Crippen LogP contribution in [0.3, 0.4) is 0 Å². The van der Waals surface area contributed by atoms with Gasteiger partial charge in [0.2, 0.25) is 0 Å². The van der Waals surface area contributed by atoms with Crippen LogP contribution in [-0.2, 0) is 0 Å². The Bertz CT molecular complexity index is 602. The van der Waals surface area contributed by atoms with E-state index in [1.165, 1.54) is 0 Å². The van der Waals surface area contributed by atoms with Gasteiger partial charge in [0.1, 0.15) is 5.76 Å². The van der Waals surface area contributed by atoms with Crippen LogP contribution >= 0.6 is 0 Å². The van der Waals surface area contributed by atoms with Gasteiger partial charge in [-0.25, -0.2) is 0 Å². The molecule has 112 valence electrons. The highest BCUT2D eigenvalue weighted by molar-refractivity contribution is 5.92. The van der Waals surface area contributed by atoms with Gasteiger partial charge in [0.25, 0.3) is 5.91 Å². The highest BCUT2D eigenvalue weighted by Gasteiger charge is 2.16. The summed E-state index contributed by atoms with van der Waals surface area (Å²) in [5, 5.41) is 16.4. The Morgan fingerprint density at radius 1 is 1.33 bits per heavy atom. The Morgan fingerprint density at radius 2 is 2.00 bits per heavy atom. The molecule has 1 amide bonds. The molecule has 0 saturated heterocycles. The molecule has 0 bridgehead atoms. The van der Waals surface area contributed by atoms with Crippen LogP contribution in [0, 0.1) is 6.92 Å². The summed E-state index contributed by atoms with van der Waals surface area (Å²) in [6.07, 6.45) is -0.744. The van der Waals surface area contributed by atoms with Crippen LogP contribution in [0.1, 0.15) is 53.2 Å². The second-order valence-corrected chi connectivity index (χ2v) is 5.41. The maximum absolute atomic E-state index is 11.9. The zero-order valence-corrected chi connectivity index (χ0v) is 12.5. The van der Waals surface area contributed by atoms with Crippen molar-refractivity contribution >= 4 is 5.91 Å². The predicted molar refractivity (Wildman–Crippen MR) is 79.1 cm³/mol. The Labute approximate surface area is 124 Å². The van der Waals surface area contributed by atoms with E-state index in [1.54, 1.807) is 6.07 Å². The maximum Gasteiger partial charge on any atom is 0.273 e. The monoisotopic (exact) mass is 288 g/mol. The molecule has 0 aliphatic heterocycles. The summed E-state index contributed by atoms with van der Waals surface area (Å²) in [5.41, 5.74) is 2.12. The molecule has 1 atom stereocenters. The third kappa shape index (κ3) is 3.92. The van der Waals surface area contributed by atoms with E-state index in [0.29, 0.717) is 5.76 Å². The van der Waals surface area contributed by atoms with E-state index in [-0.39, 0.29) is 24.1 Å². The lowest BCUT2D eigenvalue weighted by atomic mass is 10.1. The molecule has 1 aromatic heterocycles. The number of nitrogens with one attached hydrogen (secondary N) is 1. The van der Waals surface area contributed by atoms with Gasteiger partial charge in [-0.15, -0.1) is 0 Å². The molecule has 0 aliphatic rings. The summed E-state index contributed by atoms with van der Waals surface area (Å²) >= 11 is 0. The van der Waals surface area contributed by atoms with Crippen LogP contribution in [0.25, 0.3) is 0 Å². The van der Waals surface area contributed by atoms with Gasteiger partial charge < -0.3 is 14.9 Å². The SMILES string of the molecule is Cc1ccc(C(O)CNC(=O)c2cc(C(C)C)on2)cc1. The highest BCUT2D eigenvalue weighted by atomic mass is 16.5. The number of aliphatic hydroxyl groups is 1. The number of aromatic nitrogens is 1. The molecule has 0 aliphatic carbocycles. The fourth-order valence-corrected chi connectivity index (χ4v) is 1.85. The molecule has 0 radical (unpaired) electrons. The van der Waals surface area contributed by atoms with E-state index < -0.39 is 6.10 Å². The number of carbonyl (C=O) groups is 1. The van der Waals surface area contributed by atoms with E-state index in [9.17, 15) is 9.90 Å². The molecule has 0 spiro atoms. The van der Waals surface area contributed by atoms with Gasteiger partial charge in [0.15, 0.2) is 5.69 Å². The van der Waals surface area contributed by atoms with Crippen molar-refractivity contribution in [3.63, 3.8) is 0 Å². The van der Waals surface area contributed by atoms with Crippen LogP contribution in [-0.4, -0.2) is 22.7 Å². The van der Waals surface area contributed by atoms with Crippen LogP contribution in [0.4, 0.5) is 0 Å². The first kappa shape index (κ1) is 15.3. The molecule has 21 heavy (non-hydrogen) atoms. The number of hydrogen-bond acceptors (Lipinski definition) is 4. The van der Waals surface area contributed by atoms with Gasteiger partial charge >= 0.3 is 0 Å². The minimum Gasteiger partial charge on any atom is -0.387 e. The maximum atomic E-state index is 11.9. The number of aryl methyl sites for hydroxylation is 1. The van der Waals surface area contributed by atoms with Crippen molar-refractivity contribution in [1.82, 2.24) is 10.5 Å². The largest absolute Gasteiger partial charge is 0.387 e. The fourth-order valence-electron chi connectivity index (χ4n) is 1.85. The third-order valence-corrected chi connectivity index (χ3v) is 3.25. The molecule has 5 heteroatoms. The van der Waals surface area contributed by atoms with E-state index in [4.69, 9.17) is 4.52 Å². The van der Waals surface area contributed by atoms with Gasteiger partial charge in [0, 0.05) is 18.5 Å². The van der Waals surface area contributed by atoms with Crippen LogP contribution < -0.4 is 5.32 Å². The molecule has 1 heterocycles. The van der Waals surface area contributed by atoms with Gasteiger partial charge in [-0.2, -0.15) is 0 Å². The van der Waals surface area contributed by atoms with Crippen LogP contribution in [0.5, 0.6) is 0 Å². The molecule has 1 aromatic carbocycles. The first-order valence-corrected chi connectivity index (χ1v) is 6.97. The van der Waals surface area contributed by atoms with Crippen molar-refractivity contribution in [2.45, 2.75) is 32.8 Å². The lowest BCUT2D eigenvalue weighted by molar-refractivity contribution is 0.0907. The summed E-state index contributed by atoms with van der Waals surface area (Å²) in [4.78, 5) is 11.9. The van der Waals surface area contributed by atoms with Crippen molar-refractivity contribution in [3.8, 4) is 0 Å². The van der Waals surface area contributed by atoms with Gasteiger partial charge in [-0.3, -0.25) is 4.79 Å². The number of amides is 1. The predicted octanol–water partition coefficient (Wildman–Crippen LogP) is 2.57. The fraction of sp³-hybridized carbons (Fsp3) is 0.375. The van der Waals surface area contributed by atoms with Crippen molar-refractivity contribution in [2.24, 2.45) is 0 Å². The Hall–Kier alpha value is -2.14. The molecule has 2 rings (SSSR count). The average Bonchev–Trinajstić information content (AvgIpc) is 2.95. The van der Waals surface area contributed by atoms with Gasteiger partial charge in [-0.1, -0.05) is 48.8 Å². The summed E-state index contributed by atoms with van der Waals surface area (Å²) in [7, 11) is 0. The quantitative estimate of drug-likeness (QED) is 0.886. The molecular formula is C16H20N2O3. The minimum absolute atomic E-state index is 0.131. The van der Waals surface area contributed by atoms with Crippen molar-refractivity contribution < 1.29 is 14.4 Å². The normalized spacial score (nSPS) is 12.4. The van der Waals surface area contributed by atoms with Crippen molar-refractivity contribution in [1.29, 1.82) is 0 Å². The van der Waals surface area contributed by atoms with E-state index in [0.717, 1.165) is 11.1 Å². The first-order valence-electron chi connectivity index (χ1n) is 6.97. The molecule has 2 aromatic rings. The molecule has 0 saturated carbocycles. The standard InChI is InChI=1S/C16H20N2O3/c1-10(2)15-8-13(18-21-15)16(20)17-9-14(19)12-6-4-11(3)5-7-12/h4-8,10,14,19H,9H2,1-3H3,(H,17,20). The smallest absolute Gasteiger partial charge is 0.273 e. The topological polar surface area (TPSA) is 75.4 Å². The molecule has 2 N–H and O–H groups in total. The van der Waals surface area contributed by atoms with Gasteiger partial charge in [0.05, 0.1) is 6.10 Å². The number of rotatable bonds is 5. The third-order valence-electron chi connectivity index (χ3n) is 3.25. The van der Waals surface area contributed by atoms with Crippen LogP contribution in [0.15, 0.2) is 34.9 Å². The zero-order valence-electron chi connectivity index (χ0n) is 12.5. The summed E-state index contributed by atoms with van der Waals surface area (Å²) in [6.45, 7) is 6.03. The summed E-state index contributed by atoms with van der Waals surface area (Å²) in [6, 6.07) is 9.16. The Kier molecular flexibility index (Phi) is 4.75. The Balaban J connectivity index is 1.92. The Morgan fingerprint density at radius 3 is 2.57 bits per heavy atom. The second kappa shape index (κ2) is 6.54. The summed E-state index contributed by atoms with van der Waals surface area (Å²) in [5.74, 6) is 0.494. The number of aliphatic hydroxyl groups excluding tert-OH is 1. The van der Waals surface area contributed by atoms with E-state index >= 15 is 0 Å². The highest BCUT2D eigenvalue weighted by Crippen LogP contribution is 2.16. The van der Waals surface area contributed by atoms with Crippen molar-refractivity contribution in [2.75, 3.05) is 6.54 Å². The summed E-state index contributed by atoms with van der Waals surface area (Å²) < 4.78 is 5.08. The number of nitrogens with zero attached hydrogens (tertiary/aromatic N) is 1. The lowest BCUT2D eigenvalue weighted by Crippen LogP contribution is -2.28. The lowest BCUT2D eigenvalue weighted by Gasteiger charge is -2.11. The molecule has 0 fully saturated rings. The van der Waals surface area contributed by atoms with Crippen molar-refractivity contribution in [3.05, 3.63) is 52.9 Å². The average molecular weight is 288 g/mol. The van der Waals surface area contributed by atoms with E-state index in [2.05, 4.69) is 10.5 Å².